The van der Waals surface area contributed by atoms with Gasteiger partial charge in [0.15, 0.2) is 5.78 Å². The molecule has 6 heteroatoms. The van der Waals surface area contributed by atoms with Crippen LogP contribution in [0.2, 0.25) is 19.6 Å². The van der Waals surface area contributed by atoms with E-state index in [4.69, 9.17) is 4.98 Å². The van der Waals surface area contributed by atoms with E-state index in [1.807, 2.05) is 41.5 Å². The van der Waals surface area contributed by atoms with Gasteiger partial charge in [-0.2, -0.15) is 0 Å². The third kappa shape index (κ3) is 7.80. The van der Waals surface area contributed by atoms with Crippen molar-refractivity contribution in [1.82, 2.24) is 9.97 Å². The fourth-order valence-corrected chi connectivity index (χ4v) is 6.40. The molecule has 0 spiro atoms. The molecular weight excluding hydrogens is 749 g/mol. The molecule has 1 N–H and O–H groups in total. The van der Waals surface area contributed by atoms with Crippen LogP contribution in [0, 0.1) is 23.8 Å². The molecule has 239 valence electrons. The van der Waals surface area contributed by atoms with Crippen molar-refractivity contribution < 1.29 is 30.0 Å². The molecule has 0 saturated heterocycles. The quantitative estimate of drug-likeness (QED) is 0.0611. The monoisotopic (exact) mass is 796 g/mol. The Bertz CT molecular complexity index is 1840. The second-order valence-electron chi connectivity index (χ2n) is 14.2. The summed E-state index contributed by atoms with van der Waals surface area (Å²) in [4.78, 5) is 21.1. The van der Waals surface area contributed by atoms with Crippen LogP contribution in [-0.4, -0.2) is 28.9 Å². The van der Waals surface area contributed by atoms with Gasteiger partial charge in [0, 0.05) is 50.5 Å². The summed E-state index contributed by atoms with van der Waals surface area (Å²) in [6.07, 6.45) is 4.76. The number of nitrogens with zero attached hydrogens (tertiary/aromatic N) is 2. The number of aliphatic hydroxyl groups is 1. The van der Waals surface area contributed by atoms with Crippen molar-refractivity contribution in [2.24, 2.45) is 10.8 Å². The topological polar surface area (TPSA) is 63.1 Å². The van der Waals surface area contributed by atoms with Crippen LogP contribution in [0.25, 0.3) is 43.7 Å². The molecule has 4 nitrogen and oxygen atoms in total. The van der Waals surface area contributed by atoms with Gasteiger partial charge in [0.05, 0.1) is 5.52 Å². The number of aliphatic hydroxyl groups excluding tert-OH is 1. The SMILES string of the molecule is CCC(C)(CC)/C(O)=C/C(=O)C(C)(C)C.Cc1cc2ccccc2c2ccc3c(-c4[c-]cc([Si](C)(C)C)cc4)ncnc3c12.[Ir]. The molecule has 1 radical (unpaired) electrons. The maximum atomic E-state index is 11.7. The van der Waals surface area contributed by atoms with E-state index < -0.39 is 13.5 Å². The largest absolute Gasteiger partial charge is 0.512 e. The average Bonchev–Trinajstić information content (AvgIpc) is 2.99. The number of carbonyl (C=O) groups is 1. The summed E-state index contributed by atoms with van der Waals surface area (Å²) >= 11 is 0. The Morgan fingerprint density at radius 1 is 0.911 bits per heavy atom. The average molecular weight is 796 g/mol. The summed E-state index contributed by atoms with van der Waals surface area (Å²) in [5.74, 6) is 0.195. The van der Waals surface area contributed by atoms with E-state index in [1.165, 1.54) is 38.4 Å². The first kappa shape index (κ1) is 36.3. The number of aromatic nitrogens is 2. The van der Waals surface area contributed by atoms with E-state index in [0.717, 1.165) is 35.0 Å². The van der Waals surface area contributed by atoms with Crippen LogP contribution >= 0.6 is 0 Å². The zero-order valence-electron chi connectivity index (χ0n) is 28.4. The Kier molecular flexibility index (Phi) is 11.3. The minimum absolute atomic E-state index is 0. The predicted octanol–water partition coefficient (Wildman–Crippen LogP) is 10.1. The summed E-state index contributed by atoms with van der Waals surface area (Å²) in [5.41, 5.74) is 3.55. The summed E-state index contributed by atoms with van der Waals surface area (Å²) < 4.78 is 0. The third-order valence-corrected chi connectivity index (χ3v) is 11.0. The normalized spacial score (nSPS) is 12.5. The first-order valence-electron chi connectivity index (χ1n) is 15.6. The van der Waals surface area contributed by atoms with E-state index in [-0.39, 0.29) is 37.1 Å². The second-order valence-corrected chi connectivity index (χ2v) is 19.3. The standard InChI is InChI=1S/C26H23N2Si.C13H24O2.Ir/c1-17-15-19-7-5-6-8-21(19)22-13-14-23-25(27-16-28-26(23)24(17)22)18-9-11-20(12-10-18)29(2,3)4;1-7-13(6,8-2)11(15)9-10(14)12(3,4)5;/h5-9,11-16H,1-4H3;9,15H,7-8H2,1-6H3;/q-1;;/b;11-9-;. The van der Waals surface area contributed by atoms with Crippen molar-refractivity contribution in [3.63, 3.8) is 0 Å². The molecule has 0 atom stereocenters. The number of carbonyl (C=O) groups excluding carboxylic acids is 1. The van der Waals surface area contributed by atoms with Gasteiger partial charge in [0.2, 0.25) is 0 Å². The summed E-state index contributed by atoms with van der Waals surface area (Å²) in [6.45, 7) is 20.8. The van der Waals surface area contributed by atoms with Crippen molar-refractivity contribution in [3.8, 4) is 11.3 Å². The van der Waals surface area contributed by atoms with Gasteiger partial charge >= 0.3 is 0 Å². The van der Waals surface area contributed by atoms with Crippen LogP contribution < -0.4 is 5.19 Å². The van der Waals surface area contributed by atoms with Crippen LogP contribution in [0.15, 0.2) is 78.8 Å². The van der Waals surface area contributed by atoms with Crippen LogP contribution in [0.4, 0.5) is 0 Å². The molecule has 5 rings (SSSR count). The number of hydrogen-bond acceptors (Lipinski definition) is 4. The Balaban J connectivity index is 0.000000297. The van der Waals surface area contributed by atoms with Gasteiger partial charge in [0.1, 0.15) is 12.1 Å². The number of fused-ring (bicyclic) bond motifs is 5. The summed E-state index contributed by atoms with van der Waals surface area (Å²) in [6, 6.07) is 25.2. The van der Waals surface area contributed by atoms with Gasteiger partial charge in [-0.15, -0.1) is 35.0 Å². The number of hydrogen-bond donors (Lipinski definition) is 1. The van der Waals surface area contributed by atoms with E-state index >= 15 is 0 Å². The molecule has 45 heavy (non-hydrogen) atoms. The van der Waals surface area contributed by atoms with Gasteiger partial charge in [-0.25, -0.2) is 4.98 Å². The first-order valence-corrected chi connectivity index (χ1v) is 19.1. The zero-order valence-corrected chi connectivity index (χ0v) is 31.8. The van der Waals surface area contributed by atoms with Gasteiger partial charge in [-0.05, 0) is 52.6 Å². The van der Waals surface area contributed by atoms with E-state index in [1.54, 1.807) is 6.33 Å². The van der Waals surface area contributed by atoms with Crippen molar-refractivity contribution in [1.29, 1.82) is 0 Å². The molecule has 0 amide bonds. The first-order chi connectivity index (χ1) is 20.6. The fourth-order valence-electron chi connectivity index (χ4n) is 5.31. The molecule has 4 aromatic carbocycles. The number of rotatable bonds is 6. The number of allylic oxidation sites excluding steroid dienone is 2. The molecule has 0 aliphatic rings. The van der Waals surface area contributed by atoms with E-state index in [9.17, 15) is 9.90 Å². The minimum atomic E-state index is -1.34. The van der Waals surface area contributed by atoms with Crippen molar-refractivity contribution in [2.75, 3.05) is 0 Å². The Labute approximate surface area is 283 Å². The molecule has 1 heterocycles. The Hall–Kier alpha value is -3.18. The molecule has 1 aromatic heterocycles. The number of ketones is 1. The van der Waals surface area contributed by atoms with Crippen LogP contribution in [0.3, 0.4) is 0 Å². The second kappa shape index (κ2) is 14.1. The van der Waals surface area contributed by atoms with E-state index in [2.05, 4.69) is 98.3 Å². The molecule has 0 unspecified atom stereocenters. The summed E-state index contributed by atoms with van der Waals surface area (Å²) in [7, 11) is -1.34. The number of benzene rings is 4. The van der Waals surface area contributed by atoms with Gasteiger partial charge in [0.25, 0.3) is 0 Å². The maximum absolute atomic E-state index is 11.7. The molecule has 0 saturated carbocycles. The number of aryl methyl sites for hydroxylation is 1. The van der Waals surface area contributed by atoms with Gasteiger partial charge < -0.3 is 5.11 Å². The van der Waals surface area contributed by atoms with Crippen LogP contribution in [0.1, 0.15) is 59.9 Å². The van der Waals surface area contributed by atoms with Crippen molar-refractivity contribution >= 4 is 51.5 Å². The maximum Gasteiger partial charge on any atom is 0.164 e. The fraction of sp³-hybridized carbons (Fsp3) is 0.359. The van der Waals surface area contributed by atoms with Gasteiger partial charge in [-0.3, -0.25) is 9.78 Å². The molecular formula is C39H47IrN2O2Si-. The molecule has 0 bridgehead atoms. The minimum Gasteiger partial charge on any atom is -0.512 e. The van der Waals surface area contributed by atoms with Crippen molar-refractivity contribution in [3.05, 3.63) is 90.5 Å². The molecule has 5 aromatic rings. The van der Waals surface area contributed by atoms with E-state index in [0.29, 0.717) is 0 Å². The Morgan fingerprint density at radius 2 is 1.56 bits per heavy atom. The molecule has 0 fully saturated rings. The third-order valence-electron chi connectivity index (χ3n) is 8.94. The van der Waals surface area contributed by atoms with Crippen molar-refractivity contribution in [2.45, 2.75) is 80.9 Å². The van der Waals surface area contributed by atoms with Crippen LogP contribution in [-0.2, 0) is 24.9 Å². The van der Waals surface area contributed by atoms with Gasteiger partial charge in [-0.1, -0.05) is 104 Å². The Morgan fingerprint density at radius 3 is 2.13 bits per heavy atom. The smallest absolute Gasteiger partial charge is 0.164 e. The van der Waals surface area contributed by atoms with Crippen LogP contribution in [0.5, 0.6) is 0 Å². The molecule has 0 aliphatic carbocycles. The molecule has 0 aliphatic heterocycles. The summed E-state index contributed by atoms with van der Waals surface area (Å²) in [5, 5.41) is 17.4. The predicted molar refractivity (Wildman–Crippen MR) is 190 cm³/mol. The zero-order chi connectivity index (χ0) is 32.4.